The van der Waals surface area contributed by atoms with Crippen molar-refractivity contribution in [2.45, 2.75) is 20.0 Å². The molecule has 0 aliphatic rings. The van der Waals surface area contributed by atoms with E-state index in [1.165, 1.54) is 18.3 Å². The third kappa shape index (κ3) is 3.47. The number of pyridine rings is 1. The molecular weight excluding hydrogens is 210 g/mol. The van der Waals surface area contributed by atoms with E-state index in [9.17, 15) is 15.2 Å². The second-order valence-corrected chi connectivity index (χ2v) is 3.85. The maximum absolute atomic E-state index is 10.4. The third-order valence-corrected chi connectivity index (χ3v) is 2.22. The van der Waals surface area contributed by atoms with E-state index in [2.05, 4.69) is 10.3 Å². The topological polar surface area (TPSA) is 88.3 Å². The van der Waals surface area contributed by atoms with E-state index in [4.69, 9.17) is 0 Å². The van der Waals surface area contributed by atoms with Crippen LogP contribution in [0.4, 0.5) is 11.5 Å². The standard InChI is InChI=1S/C10H15N3O3/c1-7(2)9(14)6-12-10-4-3-8(5-11-10)13(15)16/h3-5,7,9,14H,6H2,1-2H3,(H,11,12). The van der Waals surface area contributed by atoms with E-state index < -0.39 is 11.0 Å². The Kier molecular flexibility index (Phi) is 4.19. The number of rotatable bonds is 5. The van der Waals surface area contributed by atoms with Gasteiger partial charge in [-0.2, -0.15) is 0 Å². The van der Waals surface area contributed by atoms with Gasteiger partial charge >= 0.3 is 0 Å². The van der Waals surface area contributed by atoms with E-state index in [-0.39, 0.29) is 11.6 Å². The number of nitrogens with one attached hydrogen (secondary N) is 1. The fourth-order valence-electron chi connectivity index (χ4n) is 1.04. The molecule has 0 aromatic carbocycles. The highest BCUT2D eigenvalue weighted by Gasteiger charge is 2.09. The molecule has 6 heteroatoms. The van der Waals surface area contributed by atoms with Crippen LogP contribution in [0.25, 0.3) is 0 Å². The van der Waals surface area contributed by atoms with Gasteiger partial charge in [0.25, 0.3) is 5.69 Å². The van der Waals surface area contributed by atoms with Gasteiger partial charge in [0.2, 0.25) is 0 Å². The summed E-state index contributed by atoms with van der Waals surface area (Å²) in [5, 5.41) is 22.8. The minimum atomic E-state index is -0.500. The number of aliphatic hydroxyl groups is 1. The molecule has 0 radical (unpaired) electrons. The molecule has 88 valence electrons. The molecule has 0 aliphatic carbocycles. The Bertz CT molecular complexity index is 351. The van der Waals surface area contributed by atoms with Crippen LogP contribution in [0.2, 0.25) is 0 Å². The van der Waals surface area contributed by atoms with Gasteiger partial charge in [0.1, 0.15) is 12.0 Å². The quantitative estimate of drug-likeness (QED) is 0.584. The number of hydrogen-bond donors (Lipinski definition) is 2. The third-order valence-electron chi connectivity index (χ3n) is 2.22. The Balaban J connectivity index is 2.53. The predicted octanol–water partition coefficient (Wildman–Crippen LogP) is 1.42. The number of nitro groups is 1. The normalized spacial score (nSPS) is 12.5. The van der Waals surface area contributed by atoms with Crippen molar-refractivity contribution in [1.29, 1.82) is 0 Å². The number of hydrogen-bond acceptors (Lipinski definition) is 5. The molecule has 1 aromatic heterocycles. The first-order valence-corrected chi connectivity index (χ1v) is 5.03. The van der Waals surface area contributed by atoms with Crippen LogP contribution in [0.1, 0.15) is 13.8 Å². The van der Waals surface area contributed by atoms with Crippen LogP contribution in [0.5, 0.6) is 0 Å². The molecule has 1 unspecified atom stereocenters. The van der Waals surface area contributed by atoms with Crippen LogP contribution in [0.3, 0.4) is 0 Å². The summed E-state index contributed by atoms with van der Waals surface area (Å²) in [4.78, 5) is 13.7. The second kappa shape index (κ2) is 5.41. The van der Waals surface area contributed by atoms with E-state index in [1.54, 1.807) is 0 Å². The average Bonchev–Trinajstić information content (AvgIpc) is 2.26. The van der Waals surface area contributed by atoms with Crippen LogP contribution in [0.15, 0.2) is 18.3 Å². The lowest BCUT2D eigenvalue weighted by molar-refractivity contribution is -0.385. The van der Waals surface area contributed by atoms with E-state index in [1.807, 2.05) is 13.8 Å². The predicted molar refractivity (Wildman–Crippen MR) is 60.2 cm³/mol. The molecule has 0 aliphatic heterocycles. The minimum Gasteiger partial charge on any atom is -0.391 e. The summed E-state index contributed by atoms with van der Waals surface area (Å²) < 4.78 is 0. The summed E-state index contributed by atoms with van der Waals surface area (Å²) in [5.74, 6) is 0.677. The van der Waals surface area contributed by atoms with E-state index in [0.29, 0.717) is 12.4 Å². The second-order valence-electron chi connectivity index (χ2n) is 3.85. The van der Waals surface area contributed by atoms with E-state index >= 15 is 0 Å². The monoisotopic (exact) mass is 225 g/mol. The van der Waals surface area contributed by atoms with Gasteiger partial charge < -0.3 is 10.4 Å². The fourth-order valence-corrected chi connectivity index (χ4v) is 1.04. The highest BCUT2D eigenvalue weighted by molar-refractivity contribution is 5.40. The molecule has 6 nitrogen and oxygen atoms in total. The summed E-state index contributed by atoms with van der Waals surface area (Å²) in [6, 6.07) is 2.89. The first-order valence-electron chi connectivity index (χ1n) is 5.03. The van der Waals surface area contributed by atoms with Crippen molar-refractivity contribution in [3.63, 3.8) is 0 Å². The lowest BCUT2D eigenvalue weighted by Crippen LogP contribution is -2.25. The molecule has 16 heavy (non-hydrogen) atoms. The zero-order valence-electron chi connectivity index (χ0n) is 9.25. The number of anilines is 1. The van der Waals surface area contributed by atoms with Crippen LogP contribution in [-0.4, -0.2) is 27.7 Å². The Morgan fingerprint density at radius 3 is 2.69 bits per heavy atom. The van der Waals surface area contributed by atoms with Gasteiger partial charge in [-0.25, -0.2) is 4.98 Å². The molecule has 1 aromatic rings. The number of aliphatic hydroxyl groups excluding tert-OH is 1. The zero-order valence-corrected chi connectivity index (χ0v) is 9.25. The summed E-state index contributed by atoms with van der Waals surface area (Å²) >= 11 is 0. The molecule has 1 atom stereocenters. The first kappa shape index (κ1) is 12.4. The average molecular weight is 225 g/mol. The first-order chi connectivity index (χ1) is 7.50. The van der Waals surface area contributed by atoms with Gasteiger partial charge in [-0.05, 0) is 12.0 Å². The molecule has 0 saturated heterocycles. The van der Waals surface area contributed by atoms with Crippen molar-refractivity contribution in [2.75, 3.05) is 11.9 Å². The number of aromatic nitrogens is 1. The molecule has 1 rings (SSSR count). The van der Waals surface area contributed by atoms with Crippen LogP contribution in [0, 0.1) is 16.0 Å². The number of nitrogens with zero attached hydrogens (tertiary/aromatic N) is 2. The maximum atomic E-state index is 10.4. The molecular formula is C10H15N3O3. The van der Waals surface area contributed by atoms with Crippen LogP contribution in [-0.2, 0) is 0 Å². The smallest absolute Gasteiger partial charge is 0.287 e. The van der Waals surface area contributed by atoms with E-state index in [0.717, 1.165) is 0 Å². The SMILES string of the molecule is CC(C)C(O)CNc1ccc([N+](=O)[O-])cn1. The van der Waals surface area contributed by atoms with Gasteiger partial charge in [0.15, 0.2) is 0 Å². The molecule has 2 N–H and O–H groups in total. The summed E-state index contributed by atoms with van der Waals surface area (Å²) in [7, 11) is 0. The van der Waals surface area contributed by atoms with Crippen molar-refractivity contribution in [3.05, 3.63) is 28.4 Å². The Hall–Kier alpha value is -1.69. The van der Waals surface area contributed by atoms with Crippen molar-refractivity contribution in [1.82, 2.24) is 4.98 Å². The van der Waals surface area contributed by atoms with Crippen molar-refractivity contribution in [2.24, 2.45) is 5.92 Å². The molecule has 0 bridgehead atoms. The Morgan fingerprint density at radius 2 is 2.25 bits per heavy atom. The van der Waals surface area contributed by atoms with Gasteiger partial charge in [0.05, 0.1) is 11.0 Å². The molecule has 0 amide bonds. The Labute approximate surface area is 93.5 Å². The van der Waals surface area contributed by atoms with Crippen LogP contribution >= 0.6 is 0 Å². The van der Waals surface area contributed by atoms with Gasteiger partial charge in [-0.15, -0.1) is 0 Å². The van der Waals surface area contributed by atoms with Gasteiger partial charge in [0, 0.05) is 12.6 Å². The largest absolute Gasteiger partial charge is 0.391 e. The zero-order chi connectivity index (χ0) is 12.1. The summed E-state index contributed by atoms with van der Waals surface area (Å²) in [6.07, 6.45) is 0.723. The molecule has 0 saturated carbocycles. The lowest BCUT2D eigenvalue weighted by atomic mass is 10.1. The van der Waals surface area contributed by atoms with Gasteiger partial charge in [-0.3, -0.25) is 10.1 Å². The van der Waals surface area contributed by atoms with Crippen molar-refractivity contribution in [3.8, 4) is 0 Å². The Morgan fingerprint density at radius 1 is 1.56 bits per heavy atom. The fraction of sp³-hybridized carbons (Fsp3) is 0.500. The van der Waals surface area contributed by atoms with Crippen molar-refractivity contribution >= 4 is 11.5 Å². The molecule has 0 fully saturated rings. The summed E-state index contributed by atoms with van der Waals surface area (Å²) in [6.45, 7) is 4.20. The van der Waals surface area contributed by atoms with Crippen molar-refractivity contribution < 1.29 is 10.0 Å². The van der Waals surface area contributed by atoms with Gasteiger partial charge in [-0.1, -0.05) is 13.8 Å². The summed E-state index contributed by atoms with van der Waals surface area (Å²) in [5.41, 5.74) is -0.0463. The maximum Gasteiger partial charge on any atom is 0.287 e. The molecule has 0 spiro atoms. The van der Waals surface area contributed by atoms with Crippen LogP contribution < -0.4 is 5.32 Å². The molecule has 1 heterocycles. The minimum absolute atomic E-state index is 0.0463. The highest BCUT2D eigenvalue weighted by Crippen LogP contribution is 2.12. The highest BCUT2D eigenvalue weighted by atomic mass is 16.6. The lowest BCUT2D eigenvalue weighted by Gasteiger charge is -2.15.